The number of nitrogens with zero attached hydrogens (tertiary/aromatic N) is 1. The van der Waals surface area contributed by atoms with E-state index in [0.717, 1.165) is 16.4 Å². The van der Waals surface area contributed by atoms with Crippen LogP contribution in [0.25, 0.3) is 0 Å². The van der Waals surface area contributed by atoms with Gasteiger partial charge in [0.15, 0.2) is 0 Å². The van der Waals surface area contributed by atoms with E-state index in [0.29, 0.717) is 5.56 Å². The third-order valence-electron chi connectivity index (χ3n) is 2.26. The zero-order chi connectivity index (χ0) is 12.1. The van der Waals surface area contributed by atoms with Crippen molar-refractivity contribution in [3.8, 4) is 17.6 Å². The molecular formula is C14H11NOS. The van der Waals surface area contributed by atoms with Gasteiger partial charge in [0.05, 0.1) is 11.6 Å². The second-order valence-electron chi connectivity index (χ2n) is 3.42. The maximum absolute atomic E-state index is 8.69. The minimum Gasteiger partial charge on any atom is -0.457 e. The fourth-order valence-corrected chi connectivity index (χ4v) is 1.85. The van der Waals surface area contributed by atoms with Crippen LogP contribution in [-0.4, -0.2) is 6.26 Å². The van der Waals surface area contributed by atoms with Crippen molar-refractivity contribution in [3.05, 3.63) is 54.1 Å². The number of hydrogen-bond donors (Lipinski definition) is 0. The Morgan fingerprint density at radius 1 is 1.06 bits per heavy atom. The van der Waals surface area contributed by atoms with Crippen LogP contribution in [0.3, 0.4) is 0 Å². The van der Waals surface area contributed by atoms with Gasteiger partial charge in [0, 0.05) is 4.90 Å². The lowest BCUT2D eigenvalue weighted by Crippen LogP contribution is -1.84. The molecule has 0 atom stereocenters. The van der Waals surface area contributed by atoms with Gasteiger partial charge in [-0.05, 0) is 48.7 Å². The Labute approximate surface area is 105 Å². The Balaban J connectivity index is 2.16. The van der Waals surface area contributed by atoms with E-state index in [-0.39, 0.29) is 0 Å². The maximum atomic E-state index is 8.69. The molecule has 0 saturated carbocycles. The third-order valence-corrected chi connectivity index (χ3v) is 2.99. The molecule has 0 aliphatic carbocycles. The number of rotatable bonds is 3. The summed E-state index contributed by atoms with van der Waals surface area (Å²) < 4.78 is 5.70. The first-order valence-electron chi connectivity index (χ1n) is 5.14. The van der Waals surface area contributed by atoms with Crippen LogP contribution in [0.15, 0.2) is 53.4 Å². The molecular weight excluding hydrogens is 230 g/mol. The molecule has 0 radical (unpaired) electrons. The van der Waals surface area contributed by atoms with E-state index in [9.17, 15) is 0 Å². The quantitative estimate of drug-likeness (QED) is 0.759. The normalized spacial score (nSPS) is 9.65. The molecule has 0 spiro atoms. The Morgan fingerprint density at radius 2 is 1.82 bits per heavy atom. The predicted molar refractivity (Wildman–Crippen MR) is 69.5 cm³/mol. The highest BCUT2D eigenvalue weighted by atomic mass is 32.2. The number of ether oxygens (including phenoxy) is 1. The summed E-state index contributed by atoms with van der Waals surface area (Å²) in [6, 6.07) is 17.1. The van der Waals surface area contributed by atoms with Gasteiger partial charge in [-0.3, -0.25) is 0 Å². The fourth-order valence-electron chi connectivity index (χ4n) is 1.40. The van der Waals surface area contributed by atoms with E-state index in [1.54, 1.807) is 36.0 Å². The van der Waals surface area contributed by atoms with Gasteiger partial charge in [0.2, 0.25) is 0 Å². The van der Waals surface area contributed by atoms with Crippen LogP contribution >= 0.6 is 11.8 Å². The molecule has 2 nitrogen and oxygen atoms in total. The molecule has 0 unspecified atom stereocenters. The monoisotopic (exact) mass is 241 g/mol. The molecule has 0 N–H and O–H groups in total. The van der Waals surface area contributed by atoms with Crippen molar-refractivity contribution in [3.63, 3.8) is 0 Å². The molecule has 2 aromatic rings. The Hall–Kier alpha value is -1.92. The summed E-state index contributed by atoms with van der Waals surface area (Å²) in [4.78, 5) is 1.16. The van der Waals surface area contributed by atoms with Crippen LogP contribution in [0.1, 0.15) is 5.56 Å². The van der Waals surface area contributed by atoms with Gasteiger partial charge >= 0.3 is 0 Å². The van der Waals surface area contributed by atoms with Crippen molar-refractivity contribution in [2.24, 2.45) is 0 Å². The topological polar surface area (TPSA) is 33.0 Å². The molecule has 2 aromatic carbocycles. The highest BCUT2D eigenvalue weighted by Gasteiger charge is 1.98. The van der Waals surface area contributed by atoms with E-state index in [1.165, 1.54) is 0 Å². The smallest absolute Gasteiger partial charge is 0.128 e. The first-order valence-corrected chi connectivity index (χ1v) is 6.36. The summed E-state index contributed by atoms with van der Waals surface area (Å²) in [5.41, 5.74) is 0.634. The van der Waals surface area contributed by atoms with Crippen LogP contribution in [0.4, 0.5) is 0 Å². The predicted octanol–water partition coefficient (Wildman–Crippen LogP) is 4.07. The van der Waals surface area contributed by atoms with Crippen molar-refractivity contribution < 1.29 is 4.74 Å². The van der Waals surface area contributed by atoms with Crippen LogP contribution in [-0.2, 0) is 0 Å². The molecule has 0 aliphatic heterocycles. The second-order valence-corrected chi connectivity index (χ2v) is 4.30. The van der Waals surface area contributed by atoms with Gasteiger partial charge in [0.25, 0.3) is 0 Å². The van der Waals surface area contributed by atoms with Crippen molar-refractivity contribution in [2.45, 2.75) is 4.90 Å². The van der Waals surface area contributed by atoms with Crippen LogP contribution < -0.4 is 4.74 Å². The number of thioether (sulfide) groups is 1. The fraction of sp³-hybridized carbons (Fsp3) is 0.0714. The van der Waals surface area contributed by atoms with Gasteiger partial charge < -0.3 is 4.74 Å². The maximum Gasteiger partial charge on any atom is 0.128 e. The van der Waals surface area contributed by atoms with Crippen molar-refractivity contribution in [1.82, 2.24) is 0 Å². The summed E-state index contributed by atoms with van der Waals surface area (Å²) >= 11 is 1.68. The highest BCUT2D eigenvalue weighted by Crippen LogP contribution is 2.25. The van der Waals surface area contributed by atoms with Crippen LogP contribution in [0.2, 0.25) is 0 Å². The zero-order valence-corrected chi connectivity index (χ0v) is 10.2. The summed E-state index contributed by atoms with van der Waals surface area (Å²) in [6.07, 6.45) is 2.03. The lowest BCUT2D eigenvalue weighted by Gasteiger charge is -2.06. The van der Waals surface area contributed by atoms with Crippen LogP contribution in [0, 0.1) is 11.3 Å². The van der Waals surface area contributed by atoms with Gasteiger partial charge in [-0.2, -0.15) is 5.26 Å². The van der Waals surface area contributed by atoms with Gasteiger partial charge in [-0.1, -0.05) is 6.07 Å². The lowest BCUT2D eigenvalue weighted by molar-refractivity contribution is 0.481. The highest BCUT2D eigenvalue weighted by molar-refractivity contribution is 7.98. The summed E-state index contributed by atoms with van der Waals surface area (Å²) in [7, 11) is 0. The van der Waals surface area contributed by atoms with Gasteiger partial charge in [0.1, 0.15) is 11.5 Å². The summed E-state index contributed by atoms with van der Waals surface area (Å²) in [5.74, 6) is 1.55. The molecule has 0 fully saturated rings. The zero-order valence-electron chi connectivity index (χ0n) is 9.38. The molecule has 84 valence electrons. The third kappa shape index (κ3) is 3.02. The molecule has 2 rings (SSSR count). The first kappa shape index (κ1) is 11.6. The summed E-state index contributed by atoms with van der Waals surface area (Å²) in [5, 5.41) is 8.69. The average Bonchev–Trinajstić information content (AvgIpc) is 2.40. The Bertz CT molecular complexity index is 543. The summed E-state index contributed by atoms with van der Waals surface area (Å²) in [6.45, 7) is 0. The van der Waals surface area contributed by atoms with E-state index in [4.69, 9.17) is 10.00 Å². The molecule has 0 heterocycles. The SMILES string of the molecule is CSc1cccc(Oc2ccc(C#N)cc2)c1. The molecule has 3 heteroatoms. The van der Waals surface area contributed by atoms with E-state index in [1.807, 2.05) is 30.5 Å². The molecule has 0 amide bonds. The largest absolute Gasteiger partial charge is 0.457 e. The van der Waals surface area contributed by atoms with E-state index >= 15 is 0 Å². The molecule has 0 aliphatic rings. The minimum atomic E-state index is 0.634. The van der Waals surface area contributed by atoms with Gasteiger partial charge in [-0.25, -0.2) is 0 Å². The molecule has 0 bridgehead atoms. The minimum absolute atomic E-state index is 0.634. The first-order chi connectivity index (χ1) is 8.31. The average molecular weight is 241 g/mol. The van der Waals surface area contributed by atoms with Crippen molar-refractivity contribution >= 4 is 11.8 Å². The molecule has 17 heavy (non-hydrogen) atoms. The molecule has 0 aromatic heterocycles. The number of nitriles is 1. The Kier molecular flexibility index (Phi) is 3.69. The number of benzene rings is 2. The second kappa shape index (κ2) is 5.42. The Morgan fingerprint density at radius 3 is 2.47 bits per heavy atom. The molecule has 0 saturated heterocycles. The standard InChI is InChI=1S/C14H11NOS/c1-17-14-4-2-3-13(9-14)16-12-7-5-11(10-15)6-8-12/h2-9H,1H3. The van der Waals surface area contributed by atoms with Crippen LogP contribution in [0.5, 0.6) is 11.5 Å². The van der Waals surface area contributed by atoms with Crippen molar-refractivity contribution in [2.75, 3.05) is 6.26 Å². The van der Waals surface area contributed by atoms with Gasteiger partial charge in [-0.15, -0.1) is 11.8 Å². The van der Waals surface area contributed by atoms with E-state index < -0.39 is 0 Å². The van der Waals surface area contributed by atoms with E-state index in [2.05, 4.69) is 6.07 Å². The van der Waals surface area contributed by atoms with Crippen molar-refractivity contribution in [1.29, 1.82) is 5.26 Å². The lowest BCUT2D eigenvalue weighted by atomic mass is 10.2. The number of hydrogen-bond acceptors (Lipinski definition) is 3.